The number of hydrogen-bond acceptors (Lipinski definition) is 1. The molecular weight excluding hydrogens is 250 g/mol. The number of carbonyl (C=O) groups is 1. The van der Waals surface area contributed by atoms with Gasteiger partial charge in [-0.25, -0.2) is 4.57 Å². The van der Waals surface area contributed by atoms with E-state index in [2.05, 4.69) is 11.5 Å². The van der Waals surface area contributed by atoms with Crippen LogP contribution in [0.1, 0.15) is 64.0 Å². The van der Waals surface area contributed by atoms with Crippen molar-refractivity contribution in [3.8, 4) is 0 Å². The molecule has 0 bridgehead atoms. The monoisotopic (exact) mass is 278 g/mol. The molecule has 0 aliphatic rings. The minimum Gasteiger partial charge on any atom is -0.481 e. The second-order valence-corrected chi connectivity index (χ2v) is 5.43. The number of unbranched alkanes of at least 4 members (excludes halogenated alkanes) is 7. The van der Waals surface area contributed by atoms with Crippen LogP contribution in [-0.4, -0.2) is 11.1 Å². The van der Waals surface area contributed by atoms with Crippen molar-refractivity contribution < 1.29 is 14.5 Å². The third-order valence-corrected chi connectivity index (χ3v) is 3.62. The first-order valence-electron chi connectivity index (χ1n) is 7.93. The molecule has 0 amide bonds. The van der Waals surface area contributed by atoms with E-state index >= 15 is 0 Å². The lowest BCUT2D eigenvalue weighted by atomic mass is 10.1. The van der Waals surface area contributed by atoms with Gasteiger partial charge in [0.1, 0.15) is 13.0 Å². The Hall–Kier alpha value is -1.38. The van der Waals surface area contributed by atoms with Crippen molar-refractivity contribution in [3.05, 3.63) is 30.1 Å². The van der Waals surface area contributed by atoms with Gasteiger partial charge in [0.25, 0.3) is 0 Å². The number of hydrogen-bond donors (Lipinski definition) is 1. The molecule has 0 aliphatic carbocycles. The predicted molar refractivity (Wildman–Crippen MR) is 80.6 cm³/mol. The average molecular weight is 278 g/mol. The quantitative estimate of drug-likeness (QED) is 0.495. The number of pyridine rings is 1. The van der Waals surface area contributed by atoms with Gasteiger partial charge in [-0.1, -0.05) is 51.5 Å². The fourth-order valence-corrected chi connectivity index (χ4v) is 2.46. The molecule has 0 atom stereocenters. The minimum atomic E-state index is -0.763. The van der Waals surface area contributed by atoms with Crippen LogP contribution in [0, 0.1) is 0 Å². The topological polar surface area (TPSA) is 41.2 Å². The first-order valence-corrected chi connectivity index (χ1v) is 7.93. The van der Waals surface area contributed by atoms with E-state index < -0.39 is 5.97 Å². The summed E-state index contributed by atoms with van der Waals surface area (Å²) in [6.45, 7) is 3.17. The summed E-state index contributed by atoms with van der Waals surface area (Å²) in [5.74, 6) is -0.763. The summed E-state index contributed by atoms with van der Waals surface area (Å²) in [5, 5.41) is 8.89. The summed E-state index contributed by atoms with van der Waals surface area (Å²) >= 11 is 0. The molecular formula is C17H28NO2+. The van der Waals surface area contributed by atoms with Crippen LogP contribution in [0.2, 0.25) is 0 Å². The predicted octanol–water partition coefficient (Wildman–Crippen LogP) is 3.74. The van der Waals surface area contributed by atoms with Crippen LogP contribution >= 0.6 is 0 Å². The van der Waals surface area contributed by atoms with Crippen molar-refractivity contribution in [1.29, 1.82) is 0 Å². The average Bonchev–Trinajstić information content (AvgIpc) is 2.43. The molecule has 0 aliphatic heterocycles. The van der Waals surface area contributed by atoms with Crippen molar-refractivity contribution >= 4 is 5.97 Å². The minimum absolute atomic E-state index is 0.109. The molecule has 1 aromatic rings. The fourth-order valence-electron chi connectivity index (χ4n) is 2.46. The van der Waals surface area contributed by atoms with E-state index in [1.54, 1.807) is 0 Å². The van der Waals surface area contributed by atoms with Gasteiger partial charge in [-0.3, -0.25) is 4.79 Å². The van der Waals surface area contributed by atoms with Crippen molar-refractivity contribution in [3.63, 3.8) is 0 Å². The summed E-state index contributed by atoms with van der Waals surface area (Å²) in [4.78, 5) is 10.8. The molecule has 20 heavy (non-hydrogen) atoms. The summed E-state index contributed by atoms with van der Waals surface area (Å²) < 4.78 is 2.07. The summed E-state index contributed by atoms with van der Waals surface area (Å²) in [6, 6.07) is 5.78. The SMILES string of the molecule is CCCCCCCCCC[n+]1ccccc1CC(=O)O. The van der Waals surface area contributed by atoms with Crippen LogP contribution in [0.5, 0.6) is 0 Å². The number of aryl methyl sites for hydroxylation is 1. The molecule has 0 fully saturated rings. The van der Waals surface area contributed by atoms with Gasteiger partial charge in [0.2, 0.25) is 0 Å². The molecule has 1 N–H and O–H groups in total. The number of rotatable bonds is 11. The molecule has 112 valence electrons. The van der Waals surface area contributed by atoms with E-state index in [1.165, 1.54) is 44.9 Å². The molecule has 3 heteroatoms. The Kier molecular flexibility index (Phi) is 8.68. The maximum atomic E-state index is 10.8. The molecule has 0 radical (unpaired) electrons. The van der Waals surface area contributed by atoms with Gasteiger partial charge in [-0.05, 0) is 6.42 Å². The van der Waals surface area contributed by atoms with Gasteiger partial charge in [0.05, 0.1) is 0 Å². The Morgan fingerprint density at radius 3 is 2.35 bits per heavy atom. The van der Waals surface area contributed by atoms with Gasteiger partial charge < -0.3 is 5.11 Å². The standard InChI is InChI=1S/C17H27NO2/c1-2-3-4-5-6-7-8-10-13-18-14-11-9-12-16(18)15-17(19)20/h9,11-12,14H,2-8,10,13,15H2,1H3/p+1. The smallest absolute Gasteiger partial charge is 0.314 e. The number of carboxylic acid groups (broad SMARTS) is 1. The number of nitrogens with zero attached hydrogens (tertiary/aromatic N) is 1. The summed E-state index contributed by atoms with van der Waals surface area (Å²) in [5.41, 5.74) is 0.892. The second kappa shape index (κ2) is 10.4. The van der Waals surface area contributed by atoms with Crippen LogP contribution in [0.3, 0.4) is 0 Å². The molecule has 0 saturated carbocycles. The second-order valence-electron chi connectivity index (χ2n) is 5.43. The van der Waals surface area contributed by atoms with Crippen molar-refractivity contribution in [1.82, 2.24) is 0 Å². The molecule has 1 rings (SSSR count). The molecule has 3 nitrogen and oxygen atoms in total. The van der Waals surface area contributed by atoms with E-state index in [0.717, 1.165) is 18.7 Å². The highest BCUT2D eigenvalue weighted by atomic mass is 16.4. The molecule has 0 unspecified atom stereocenters. The first-order chi connectivity index (χ1) is 9.74. The normalized spacial score (nSPS) is 10.7. The Balaban J connectivity index is 2.20. The molecule has 0 saturated heterocycles. The maximum absolute atomic E-state index is 10.8. The zero-order chi connectivity index (χ0) is 14.6. The highest BCUT2D eigenvalue weighted by Crippen LogP contribution is 2.08. The van der Waals surface area contributed by atoms with Gasteiger partial charge >= 0.3 is 5.97 Å². The Morgan fingerprint density at radius 1 is 1.05 bits per heavy atom. The summed E-state index contributed by atoms with van der Waals surface area (Å²) in [7, 11) is 0. The largest absolute Gasteiger partial charge is 0.481 e. The van der Waals surface area contributed by atoms with Crippen LogP contribution in [0.25, 0.3) is 0 Å². The number of aromatic nitrogens is 1. The lowest BCUT2D eigenvalue weighted by molar-refractivity contribution is -0.704. The molecule has 1 aromatic heterocycles. The highest BCUT2D eigenvalue weighted by molar-refractivity contribution is 5.69. The highest BCUT2D eigenvalue weighted by Gasteiger charge is 2.12. The Morgan fingerprint density at radius 2 is 1.70 bits per heavy atom. The van der Waals surface area contributed by atoms with Gasteiger partial charge in [-0.2, -0.15) is 0 Å². The first kappa shape index (κ1) is 16.7. The van der Waals surface area contributed by atoms with E-state index in [9.17, 15) is 4.79 Å². The van der Waals surface area contributed by atoms with E-state index in [1.807, 2.05) is 24.4 Å². The molecule has 1 heterocycles. The van der Waals surface area contributed by atoms with E-state index in [-0.39, 0.29) is 6.42 Å². The van der Waals surface area contributed by atoms with Gasteiger partial charge in [-0.15, -0.1) is 0 Å². The van der Waals surface area contributed by atoms with Crippen molar-refractivity contribution in [2.75, 3.05) is 0 Å². The maximum Gasteiger partial charge on any atom is 0.314 e. The van der Waals surface area contributed by atoms with E-state index in [4.69, 9.17) is 5.11 Å². The number of carboxylic acids is 1. The van der Waals surface area contributed by atoms with Crippen LogP contribution in [-0.2, 0) is 17.8 Å². The third-order valence-electron chi connectivity index (χ3n) is 3.62. The van der Waals surface area contributed by atoms with Gasteiger partial charge in [0, 0.05) is 18.6 Å². The zero-order valence-electron chi connectivity index (χ0n) is 12.7. The van der Waals surface area contributed by atoms with Crippen LogP contribution in [0.15, 0.2) is 24.4 Å². The number of aliphatic carboxylic acids is 1. The Labute approximate surface area is 122 Å². The summed E-state index contributed by atoms with van der Waals surface area (Å²) in [6.07, 6.45) is 12.5. The Bertz CT molecular complexity index is 390. The van der Waals surface area contributed by atoms with Crippen LogP contribution < -0.4 is 4.57 Å². The van der Waals surface area contributed by atoms with Gasteiger partial charge in [0.15, 0.2) is 11.9 Å². The third kappa shape index (κ3) is 7.27. The van der Waals surface area contributed by atoms with E-state index in [0.29, 0.717) is 0 Å². The fraction of sp³-hybridized carbons (Fsp3) is 0.647. The lowest BCUT2D eigenvalue weighted by Crippen LogP contribution is -2.38. The van der Waals surface area contributed by atoms with Crippen LogP contribution in [0.4, 0.5) is 0 Å². The van der Waals surface area contributed by atoms with Crippen molar-refractivity contribution in [2.24, 2.45) is 0 Å². The molecule has 0 spiro atoms. The van der Waals surface area contributed by atoms with Crippen molar-refractivity contribution in [2.45, 2.75) is 71.3 Å². The lowest BCUT2D eigenvalue weighted by Gasteiger charge is -2.03. The molecule has 0 aromatic carbocycles. The zero-order valence-corrected chi connectivity index (χ0v) is 12.7.